The van der Waals surface area contributed by atoms with Crippen LogP contribution in [0.3, 0.4) is 0 Å². The lowest BCUT2D eigenvalue weighted by atomic mass is 9.34. The Kier molecular flexibility index (Phi) is 7.33. The lowest BCUT2D eigenvalue weighted by Crippen LogP contribution is -2.65. The van der Waals surface area contributed by atoms with Gasteiger partial charge in [-0.2, -0.15) is 5.26 Å². The second kappa shape index (κ2) is 9.69. The van der Waals surface area contributed by atoms with Gasteiger partial charge in [-0.3, -0.25) is 14.1 Å². The Morgan fingerprint density at radius 1 is 1.05 bits per heavy atom. The van der Waals surface area contributed by atoms with Crippen molar-refractivity contribution in [3.63, 3.8) is 0 Å². The molecule has 0 radical (unpaired) electrons. The number of carbonyl (C=O) groups excluding carboxylic acids is 2. The summed E-state index contributed by atoms with van der Waals surface area (Å²) in [5, 5.41) is 9.92. The summed E-state index contributed by atoms with van der Waals surface area (Å²) in [6.45, 7) is 17.0. The van der Waals surface area contributed by atoms with Gasteiger partial charge in [0.2, 0.25) is 0 Å². The Morgan fingerprint density at radius 2 is 1.69 bits per heavy atom. The van der Waals surface area contributed by atoms with E-state index in [1.165, 1.54) is 6.92 Å². The average molecular weight is 602 g/mol. The molecule has 232 valence electrons. The molecule has 0 aromatic carbocycles. The molecule has 8 nitrogen and oxygen atoms in total. The van der Waals surface area contributed by atoms with Crippen LogP contribution in [-0.4, -0.2) is 34.3 Å². The number of phosphoric acid groups is 1. The summed E-state index contributed by atoms with van der Waals surface area (Å²) in [5.74, 6) is -0.155. The lowest BCUT2D eigenvalue weighted by Gasteiger charge is -2.69. The van der Waals surface area contributed by atoms with Crippen LogP contribution in [0.4, 0.5) is 0 Å². The zero-order valence-electron chi connectivity index (χ0n) is 26.5. The number of allylic oxidation sites excluding steroid dienone is 4. The summed E-state index contributed by atoms with van der Waals surface area (Å²) >= 11 is 0. The van der Waals surface area contributed by atoms with Crippen molar-refractivity contribution in [2.75, 3.05) is 6.61 Å². The lowest BCUT2D eigenvalue weighted by molar-refractivity contribution is -0.195. The normalized spacial score (nSPS) is 43.0. The first kappa shape index (κ1) is 31.8. The van der Waals surface area contributed by atoms with Crippen LogP contribution < -0.4 is 0 Å². The van der Waals surface area contributed by atoms with E-state index < -0.39 is 24.9 Å². The third-order valence-corrected chi connectivity index (χ3v) is 13.5. The molecule has 0 aromatic heterocycles. The minimum Gasteiger partial charge on any atom is -0.352 e. The van der Waals surface area contributed by atoms with Crippen LogP contribution in [0.1, 0.15) is 100 Å². The number of hydrogen-bond acceptors (Lipinski definition) is 6. The number of carbonyl (C=O) groups is 2. The molecular formula is C33H48NO7P. The third kappa shape index (κ3) is 4.57. The van der Waals surface area contributed by atoms with Gasteiger partial charge in [-0.1, -0.05) is 60.1 Å². The van der Waals surface area contributed by atoms with Crippen LogP contribution in [0.25, 0.3) is 0 Å². The number of phosphoric ester groups is 1. The van der Waals surface area contributed by atoms with E-state index in [0.29, 0.717) is 0 Å². The molecule has 0 heterocycles. The Labute approximate surface area is 250 Å². The van der Waals surface area contributed by atoms with Crippen molar-refractivity contribution in [3.05, 3.63) is 23.3 Å². The maximum atomic E-state index is 14.6. The molecule has 0 saturated heterocycles. The van der Waals surface area contributed by atoms with Gasteiger partial charge in [0.25, 0.3) is 0 Å². The Morgan fingerprint density at radius 3 is 2.31 bits per heavy atom. The molecule has 2 N–H and O–H groups in total. The fourth-order valence-corrected chi connectivity index (χ4v) is 10.9. The largest absolute Gasteiger partial charge is 0.471 e. The van der Waals surface area contributed by atoms with Crippen molar-refractivity contribution < 1.29 is 33.2 Å². The zero-order valence-corrected chi connectivity index (χ0v) is 27.3. The van der Waals surface area contributed by atoms with E-state index in [2.05, 4.69) is 40.7 Å². The van der Waals surface area contributed by atoms with Gasteiger partial charge in [-0.15, -0.1) is 0 Å². The predicted octanol–water partition coefficient (Wildman–Crippen LogP) is 6.68. The minimum absolute atomic E-state index is 0.00193. The monoisotopic (exact) mass is 601 g/mol. The van der Waals surface area contributed by atoms with Crippen molar-refractivity contribution >= 4 is 19.4 Å². The average Bonchev–Trinajstić information content (AvgIpc) is 2.85. The van der Waals surface area contributed by atoms with Gasteiger partial charge in [-0.05, 0) is 91.4 Å². The summed E-state index contributed by atoms with van der Waals surface area (Å²) in [6.07, 6.45) is 8.83. The van der Waals surface area contributed by atoms with Crippen molar-refractivity contribution in [3.8, 4) is 6.07 Å². The molecule has 0 amide bonds. The van der Waals surface area contributed by atoms with Gasteiger partial charge in [-0.25, -0.2) is 4.57 Å². The van der Waals surface area contributed by atoms with Gasteiger partial charge in [0.1, 0.15) is 6.07 Å². The van der Waals surface area contributed by atoms with Crippen LogP contribution in [0.2, 0.25) is 0 Å². The first-order chi connectivity index (χ1) is 19.2. The van der Waals surface area contributed by atoms with Gasteiger partial charge in [0.15, 0.2) is 17.9 Å². The molecule has 8 atom stereocenters. The van der Waals surface area contributed by atoms with E-state index in [1.807, 2.05) is 26.0 Å². The number of rotatable bonds is 5. The van der Waals surface area contributed by atoms with Crippen LogP contribution in [0.15, 0.2) is 23.3 Å². The quantitative estimate of drug-likeness (QED) is 0.263. The molecule has 3 fully saturated rings. The molecule has 5 aliphatic carbocycles. The van der Waals surface area contributed by atoms with E-state index in [1.54, 1.807) is 0 Å². The molecule has 3 saturated carbocycles. The number of ketones is 2. The number of nitrogens with zero attached hydrogens (tertiary/aromatic N) is 1. The summed E-state index contributed by atoms with van der Waals surface area (Å²) < 4.78 is 22.2. The van der Waals surface area contributed by atoms with Crippen molar-refractivity contribution in [1.29, 1.82) is 5.26 Å². The number of nitriles is 1. The van der Waals surface area contributed by atoms with Gasteiger partial charge in [0.05, 0.1) is 12.2 Å². The molecule has 42 heavy (non-hydrogen) atoms. The fraction of sp³-hybridized carbons (Fsp3) is 0.788. The minimum atomic E-state index is -4.69. The highest BCUT2D eigenvalue weighted by atomic mass is 31.2. The predicted molar refractivity (Wildman–Crippen MR) is 157 cm³/mol. The van der Waals surface area contributed by atoms with E-state index in [0.717, 1.165) is 50.5 Å². The fourth-order valence-electron chi connectivity index (χ4n) is 10.5. The highest BCUT2D eigenvalue weighted by Crippen LogP contribution is 2.74. The first-order valence-electron chi connectivity index (χ1n) is 15.5. The maximum Gasteiger partial charge on any atom is 0.471 e. The number of fused-ring (bicyclic) bond motifs is 7. The number of ether oxygens (including phenoxy) is 1. The Bertz CT molecular complexity index is 1350. The second-order valence-electron chi connectivity index (χ2n) is 16.1. The van der Waals surface area contributed by atoms with Gasteiger partial charge < -0.3 is 14.5 Å². The highest BCUT2D eigenvalue weighted by molar-refractivity contribution is 7.46. The summed E-state index contributed by atoms with van der Waals surface area (Å²) in [4.78, 5) is 46.4. The summed E-state index contributed by atoms with van der Waals surface area (Å²) in [5.41, 5.74) is -0.867. The molecule has 0 spiro atoms. The van der Waals surface area contributed by atoms with Crippen molar-refractivity contribution in [1.82, 2.24) is 0 Å². The topological polar surface area (TPSA) is 134 Å². The third-order valence-electron chi connectivity index (χ3n) is 12.9. The molecule has 9 heteroatoms. The van der Waals surface area contributed by atoms with E-state index in [9.17, 15) is 29.2 Å². The standard InChI is InChI=1S/C33H48NO7P/c1-20(41-42(37,38)39)40-19-33-13-11-28(2,3)17-22(33)26-23(35)15-25-30(6)16-21(18-34)27(36)29(4,5)24(30)9-10-31(25,7)32(26,8)12-14-33/h15-16,20,22,24,26H,9-14,17,19H2,1-8H3,(H2,37,38,39)/t20?,22-,24-,26-,30-,31+,32+,33+/m0/s1. The number of hydrogen-bond donors (Lipinski definition) is 2. The van der Waals surface area contributed by atoms with Crippen LogP contribution >= 0.6 is 7.82 Å². The molecule has 0 bridgehead atoms. The number of Topliss-reactive ketones (excluding diaryl/α,β-unsaturated/α-hetero) is 1. The van der Waals surface area contributed by atoms with Crippen molar-refractivity contribution in [2.45, 2.75) is 107 Å². The van der Waals surface area contributed by atoms with Gasteiger partial charge >= 0.3 is 7.82 Å². The highest BCUT2D eigenvalue weighted by Gasteiger charge is 2.69. The first-order valence-corrected chi connectivity index (χ1v) is 17.0. The van der Waals surface area contributed by atoms with Crippen LogP contribution in [0.5, 0.6) is 0 Å². The van der Waals surface area contributed by atoms with Crippen LogP contribution in [-0.2, 0) is 23.4 Å². The molecule has 1 unspecified atom stereocenters. The van der Waals surface area contributed by atoms with Crippen molar-refractivity contribution in [2.24, 2.45) is 50.2 Å². The SMILES string of the molecule is CC(OC[C@]12CCC(C)(C)C[C@H]1[C@H]1C(=O)C=C3[C@@]4(C)C=C(C#N)C(=O)C(C)(C)[C@@H]4CC[C@@]3(C)[C@]1(C)CC2)OP(=O)(O)O. The molecule has 5 aliphatic rings. The van der Waals surface area contributed by atoms with E-state index in [4.69, 9.17) is 9.26 Å². The second-order valence-corrected chi connectivity index (χ2v) is 17.3. The molecule has 0 aromatic rings. The summed E-state index contributed by atoms with van der Waals surface area (Å²) in [7, 11) is -4.69. The zero-order chi connectivity index (χ0) is 31.3. The Balaban J connectivity index is 1.59. The Hall–Kier alpha value is -1.62. The smallest absolute Gasteiger partial charge is 0.352 e. The van der Waals surface area contributed by atoms with Gasteiger partial charge in [0, 0.05) is 16.7 Å². The molecule has 5 rings (SSSR count). The molecule has 0 aliphatic heterocycles. The molecular weight excluding hydrogens is 553 g/mol. The van der Waals surface area contributed by atoms with E-state index >= 15 is 0 Å². The summed E-state index contributed by atoms with van der Waals surface area (Å²) in [6, 6.07) is 2.17. The van der Waals surface area contributed by atoms with E-state index in [-0.39, 0.29) is 63.2 Å². The van der Waals surface area contributed by atoms with Crippen LogP contribution in [0, 0.1) is 61.6 Å². The maximum absolute atomic E-state index is 14.6.